The largest absolute Gasteiger partial charge is 0.353 e. The summed E-state index contributed by atoms with van der Waals surface area (Å²) in [6, 6.07) is 8.13. The van der Waals surface area contributed by atoms with Crippen LogP contribution in [0.1, 0.15) is 24.4 Å². The van der Waals surface area contributed by atoms with Crippen molar-refractivity contribution in [3.05, 3.63) is 34.9 Å². The first-order chi connectivity index (χ1) is 9.70. The molecule has 21 heavy (non-hydrogen) atoms. The van der Waals surface area contributed by atoms with Crippen molar-refractivity contribution in [2.24, 2.45) is 0 Å². The molecule has 4 nitrogen and oxygen atoms in total. The number of hydrogen-bond donors (Lipinski definition) is 2. The molecule has 2 rings (SSSR count). The van der Waals surface area contributed by atoms with Gasteiger partial charge in [0.2, 0.25) is 5.91 Å². The Morgan fingerprint density at radius 2 is 2.10 bits per heavy atom. The average molecular weight is 332 g/mol. The van der Waals surface area contributed by atoms with E-state index in [-0.39, 0.29) is 24.4 Å². The molecule has 1 aliphatic rings. The van der Waals surface area contributed by atoms with E-state index in [0.29, 0.717) is 13.1 Å². The molecule has 0 radical (unpaired) electrons. The van der Waals surface area contributed by atoms with Gasteiger partial charge in [0, 0.05) is 11.6 Å². The molecule has 0 aliphatic carbocycles. The standard InChI is InChI=1S/C15H22ClN3O.ClH/c1-17-11-15(20)18-10-14(19-7-2-3-8-19)12-5-4-6-13(16)9-12;/h4-6,9,14,17H,2-3,7-8,10-11H2,1H3,(H,18,20);1H. The van der Waals surface area contributed by atoms with Gasteiger partial charge in [0.1, 0.15) is 0 Å². The molecular weight excluding hydrogens is 309 g/mol. The highest BCUT2D eigenvalue weighted by atomic mass is 35.5. The second-order valence-electron chi connectivity index (χ2n) is 5.15. The molecule has 1 fully saturated rings. The number of carbonyl (C=O) groups excluding carboxylic acids is 1. The Hall–Kier alpha value is -0.810. The maximum absolute atomic E-state index is 11.6. The van der Waals surface area contributed by atoms with Crippen LogP contribution in [0.5, 0.6) is 0 Å². The van der Waals surface area contributed by atoms with E-state index in [1.54, 1.807) is 7.05 Å². The van der Waals surface area contributed by atoms with Crippen LogP contribution in [0.2, 0.25) is 5.02 Å². The van der Waals surface area contributed by atoms with Gasteiger partial charge in [-0.2, -0.15) is 0 Å². The normalized spacial score (nSPS) is 16.3. The van der Waals surface area contributed by atoms with Crippen LogP contribution in [0, 0.1) is 0 Å². The van der Waals surface area contributed by atoms with E-state index in [0.717, 1.165) is 18.1 Å². The van der Waals surface area contributed by atoms with E-state index in [9.17, 15) is 4.79 Å². The van der Waals surface area contributed by atoms with Gasteiger partial charge >= 0.3 is 0 Å². The first kappa shape index (κ1) is 18.2. The molecule has 1 heterocycles. The number of carbonyl (C=O) groups is 1. The molecule has 1 aromatic carbocycles. The number of rotatable bonds is 6. The number of likely N-dealkylation sites (N-methyl/N-ethyl adjacent to an activating group) is 1. The summed E-state index contributed by atoms with van der Waals surface area (Å²) in [5.41, 5.74) is 1.17. The summed E-state index contributed by atoms with van der Waals surface area (Å²) < 4.78 is 0. The van der Waals surface area contributed by atoms with Crippen LogP contribution >= 0.6 is 24.0 Å². The fourth-order valence-corrected chi connectivity index (χ4v) is 2.86. The fourth-order valence-electron chi connectivity index (χ4n) is 2.66. The van der Waals surface area contributed by atoms with Gasteiger partial charge in [0.05, 0.1) is 12.6 Å². The van der Waals surface area contributed by atoms with Gasteiger partial charge in [0.25, 0.3) is 0 Å². The lowest BCUT2D eigenvalue weighted by Crippen LogP contribution is -2.39. The van der Waals surface area contributed by atoms with Crippen molar-refractivity contribution in [1.82, 2.24) is 15.5 Å². The summed E-state index contributed by atoms with van der Waals surface area (Å²) in [6.45, 7) is 3.14. The monoisotopic (exact) mass is 331 g/mol. The third kappa shape index (κ3) is 5.47. The minimum Gasteiger partial charge on any atom is -0.353 e. The Labute approximate surface area is 137 Å². The predicted molar refractivity (Wildman–Crippen MR) is 89.2 cm³/mol. The molecule has 0 spiro atoms. The Balaban J connectivity index is 0.00000220. The van der Waals surface area contributed by atoms with Crippen molar-refractivity contribution in [3.63, 3.8) is 0 Å². The van der Waals surface area contributed by atoms with Gasteiger partial charge in [-0.1, -0.05) is 23.7 Å². The van der Waals surface area contributed by atoms with Crippen molar-refractivity contribution >= 4 is 29.9 Å². The number of hydrogen-bond acceptors (Lipinski definition) is 3. The molecule has 6 heteroatoms. The van der Waals surface area contributed by atoms with Crippen molar-refractivity contribution in [1.29, 1.82) is 0 Å². The van der Waals surface area contributed by atoms with Gasteiger partial charge in [0.15, 0.2) is 0 Å². The molecule has 0 saturated carbocycles. The molecule has 0 bridgehead atoms. The number of likely N-dealkylation sites (tertiary alicyclic amines) is 1. The predicted octanol–water partition coefficient (Wildman–Crippen LogP) is 2.23. The van der Waals surface area contributed by atoms with Gasteiger partial charge in [-0.3, -0.25) is 9.69 Å². The second kappa shape index (κ2) is 9.26. The van der Waals surface area contributed by atoms with Crippen LogP contribution in [0.3, 0.4) is 0 Å². The number of nitrogens with zero attached hydrogens (tertiary/aromatic N) is 1. The summed E-state index contributed by atoms with van der Waals surface area (Å²) in [6.07, 6.45) is 2.45. The lowest BCUT2D eigenvalue weighted by atomic mass is 10.1. The zero-order chi connectivity index (χ0) is 14.4. The molecule has 0 aromatic heterocycles. The SMILES string of the molecule is CNCC(=O)NCC(c1cccc(Cl)c1)N1CCCC1.Cl. The average Bonchev–Trinajstić information content (AvgIpc) is 2.93. The minimum atomic E-state index is 0. The van der Waals surface area contributed by atoms with Crippen molar-refractivity contribution in [2.45, 2.75) is 18.9 Å². The highest BCUT2D eigenvalue weighted by Gasteiger charge is 2.23. The van der Waals surface area contributed by atoms with E-state index < -0.39 is 0 Å². The number of amides is 1. The lowest BCUT2D eigenvalue weighted by molar-refractivity contribution is -0.120. The fraction of sp³-hybridized carbons (Fsp3) is 0.533. The third-order valence-electron chi connectivity index (χ3n) is 3.64. The van der Waals surface area contributed by atoms with Gasteiger partial charge in [-0.25, -0.2) is 0 Å². The molecule has 1 unspecified atom stereocenters. The highest BCUT2D eigenvalue weighted by Crippen LogP contribution is 2.26. The lowest BCUT2D eigenvalue weighted by Gasteiger charge is -2.28. The van der Waals surface area contributed by atoms with Crippen LogP contribution in [0.15, 0.2) is 24.3 Å². The molecule has 1 amide bonds. The van der Waals surface area contributed by atoms with Crippen LogP contribution in [0.25, 0.3) is 0 Å². The van der Waals surface area contributed by atoms with Crippen LogP contribution in [0.4, 0.5) is 0 Å². The van der Waals surface area contributed by atoms with Crippen LogP contribution < -0.4 is 10.6 Å². The van der Waals surface area contributed by atoms with E-state index in [4.69, 9.17) is 11.6 Å². The van der Waals surface area contributed by atoms with E-state index in [2.05, 4.69) is 21.6 Å². The summed E-state index contributed by atoms with van der Waals surface area (Å²) >= 11 is 6.09. The van der Waals surface area contributed by atoms with E-state index in [1.807, 2.05) is 18.2 Å². The molecule has 118 valence electrons. The second-order valence-corrected chi connectivity index (χ2v) is 5.58. The summed E-state index contributed by atoms with van der Waals surface area (Å²) in [5.74, 6) is 0.0266. The summed E-state index contributed by atoms with van der Waals surface area (Å²) in [7, 11) is 1.77. The Morgan fingerprint density at radius 3 is 2.71 bits per heavy atom. The van der Waals surface area contributed by atoms with Crippen LogP contribution in [-0.2, 0) is 4.79 Å². The summed E-state index contributed by atoms with van der Waals surface area (Å²) in [4.78, 5) is 14.1. The number of nitrogens with one attached hydrogen (secondary N) is 2. The third-order valence-corrected chi connectivity index (χ3v) is 3.88. The smallest absolute Gasteiger partial charge is 0.234 e. The first-order valence-corrected chi connectivity index (χ1v) is 7.49. The molecule has 1 aromatic rings. The quantitative estimate of drug-likeness (QED) is 0.840. The van der Waals surface area contributed by atoms with Crippen molar-refractivity contribution in [2.75, 3.05) is 33.2 Å². The Bertz CT molecular complexity index is 450. The number of benzene rings is 1. The minimum absolute atomic E-state index is 0. The molecule has 1 aliphatic heterocycles. The highest BCUT2D eigenvalue weighted by molar-refractivity contribution is 6.30. The summed E-state index contributed by atoms with van der Waals surface area (Å²) in [5, 5.41) is 6.60. The van der Waals surface area contributed by atoms with E-state index in [1.165, 1.54) is 18.4 Å². The van der Waals surface area contributed by atoms with Crippen molar-refractivity contribution in [3.8, 4) is 0 Å². The number of halogens is 2. The zero-order valence-corrected chi connectivity index (χ0v) is 13.8. The molecule has 1 saturated heterocycles. The van der Waals surface area contributed by atoms with E-state index >= 15 is 0 Å². The van der Waals surface area contributed by atoms with Gasteiger partial charge < -0.3 is 10.6 Å². The zero-order valence-electron chi connectivity index (χ0n) is 12.3. The Morgan fingerprint density at radius 1 is 1.38 bits per heavy atom. The molecule has 2 N–H and O–H groups in total. The molecule has 1 atom stereocenters. The maximum Gasteiger partial charge on any atom is 0.234 e. The Kier molecular flexibility index (Phi) is 8.04. The van der Waals surface area contributed by atoms with Crippen molar-refractivity contribution < 1.29 is 4.79 Å². The van der Waals surface area contributed by atoms with Gasteiger partial charge in [-0.15, -0.1) is 12.4 Å². The first-order valence-electron chi connectivity index (χ1n) is 7.11. The topological polar surface area (TPSA) is 44.4 Å². The van der Waals surface area contributed by atoms with Gasteiger partial charge in [-0.05, 0) is 50.7 Å². The maximum atomic E-state index is 11.6. The van der Waals surface area contributed by atoms with Crippen LogP contribution in [-0.4, -0.2) is 44.0 Å². The molecular formula is C15H23Cl2N3O.